The van der Waals surface area contributed by atoms with Crippen molar-refractivity contribution < 1.29 is 8.78 Å². The fraction of sp³-hybridized carbons (Fsp3) is 1.00. The summed E-state index contributed by atoms with van der Waals surface area (Å²) in [7, 11) is 0. The number of hydrogen-bond acceptors (Lipinski definition) is 2. The number of fused-ring (bicyclic) bond motifs is 2. The van der Waals surface area contributed by atoms with Gasteiger partial charge in [0.05, 0.1) is 0 Å². The summed E-state index contributed by atoms with van der Waals surface area (Å²) in [6.45, 7) is 0. The van der Waals surface area contributed by atoms with Gasteiger partial charge in [-0.25, -0.2) is 8.78 Å². The maximum atomic E-state index is 14.1. The van der Waals surface area contributed by atoms with Crippen molar-refractivity contribution in [1.29, 1.82) is 0 Å². The Morgan fingerprint density at radius 3 is 2.56 bits per heavy atom. The third kappa shape index (κ3) is 1.88. The van der Waals surface area contributed by atoms with Crippen LogP contribution in [0.25, 0.3) is 0 Å². The largest absolute Gasteiger partial charge is 0.310 e. The van der Waals surface area contributed by atoms with E-state index in [9.17, 15) is 8.78 Å². The molecule has 1 N–H and O–H groups in total. The van der Waals surface area contributed by atoms with Crippen molar-refractivity contribution in [3.05, 3.63) is 0 Å². The Kier molecular flexibility index (Phi) is 2.91. The molecule has 2 bridgehead atoms. The zero-order valence-corrected chi connectivity index (χ0v) is 10.2. The van der Waals surface area contributed by atoms with Crippen LogP contribution in [-0.4, -0.2) is 29.5 Å². The normalized spacial score (nSPS) is 43.5. The summed E-state index contributed by atoms with van der Waals surface area (Å²) < 4.78 is 28.3. The molecule has 3 heterocycles. The standard InChI is InChI=1S/C12H19F2NS/c13-12(14)7-9-1-2-10(15-9)11(12)8-3-5-16-6-4-8/h8-11,15H,1-7H2. The van der Waals surface area contributed by atoms with E-state index in [1.165, 1.54) is 0 Å². The van der Waals surface area contributed by atoms with Crippen LogP contribution in [0.1, 0.15) is 32.1 Å². The van der Waals surface area contributed by atoms with Crippen LogP contribution >= 0.6 is 11.8 Å². The van der Waals surface area contributed by atoms with Gasteiger partial charge in [0.25, 0.3) is 5.92 Å². The van der Waals surface area contributed by atoms with Crippen LogP contribution in [0, 0.1) is 11.8 Å². The highest BCUT2D eigenvalue weighted by atomic mass is 32.2. The number of hydrogen-bond donors (Lipinski definition) is 1. The van der Waals surface area contributed by atoms with Gasteiger partial charge >= 0.3 is 0 Å². The van der Waals surface area contributed by atoms with Gasteiger partial charge in [-0.1, -0.05) is 0 Å². The van der Waals surface area contributed by atoms with E-state index in [-0.39, 0.29) is 30.3 Å². The number of nitrogens with one attached hydrogen (secondary N) is 1. The summed E-state index contributed by atoms with van der Waals surface area (Å²) in [5, 5.41) is 3.41. The summed E-state index contributed by atoms with van der Waals surface area (Å²) in [5.41, 5.74) is 0. The van der Waals surface area contributed by atoms with Gasteiger partial charge in [0.2, 0.25) is 0 Å². The molecule has 3 aliphatic heterocycles. The number of alkyl halides is 2. The molecule has 0 aliphatic carbocycles. The molecule has 0 radical (unpaired) electrons. The second-order valence-corrected chi connectivity index (χ2v) is 6.71. The molecule has 16 heavy (non-hydrogen) atoms. The van der Waals surface area contributed by atoms with E-state index in [1.807, 2.05) is 11.8 Å². The molecule has 0 saturated carbocycles. The number of rotatable bonds is 1. The maximum absolute atomic E-state index is 14.1. The van der Waals surface area contributed by atoms with E-state index in [0.29, 0.717) is 0 Å². The molecule has 92 valence electrons. The summed E-state index contributed by atoms with van der Waals surface area (Å²) >= 11 is 1.92. The first-order chi connectivity index (χ1) is 7.67. The SMILES string of the molecule is FC1(F)CC2CCC(N2)C1C1CCSCC1. The molecule has 1 nitrogen and oxygen atoms in total. The summed E-state index contributed by atoms with van der Waals surface area (Å²) in [6, 6.07) is 0.191. The maximum Gasteiger partial charge on any atom is 0.254 e. The Hall–Kier alpha value is 0.170. The minimum absolute atomic E-state index is 0.0812. The van der Waals surface area contributed by atoms with E-state index in [1.54, 1.807) is 0 Å². The first-order valence-electron chi connectivity index (χ1n) is 6.38. The minimum atomic E-state index is -2.41. The molecule has 0 aromatic rings. The van der Waals surface area contributed by atoms with Gasteiger partial charge in [-0.3, -0.25) is 0 Å². The Balaban J connectivity index is 1.79. The highest BCUT2D eigenvalue weighted by Crippen LogP contribution is 2.48. The summed E-state index contributed by atoms with van der Waals surface area (Å²) in [4.78, 5) is 0. The van der Waals surface area contributed by atoms with Gasteiger partial charge < -0.3 is 5.32 Å². The molecule has 3 fully saturated rings. The zero-order valence-electron chi connectivity index (χ0n) is 9.42. The fourth-order valence-electron chi connectivity index (χ4n) is 3.80. The van der Waals surface area contributed by atoms with Crippen LogP contribution in [0.3, 0.4) is 0 Å². The Bertz CT molecular complexity index is 266. The molecule has 3 saturated heterocycles. The molecule has 0 aromatic heterocycles. The van der Waals surface area contributed by atoms with E-state index < -0.39 is 5.92 Å². The van der Waals surface area contributed by atoms with Crippen LogP contribution in [0.4, 0.5) is 8.78 Å². The van der Waals surface area contributed by atoms with Crippen molar-refractivity contribution in [2.45, 2.75) is 50.1 Å². The lowest BCUT2D eigenvalue weighted by molar-refractivity contribution is -0.118. The number of piperidine rings is 1. The highest BCUT2D eigenvalue weighted by molar-refractivity contribution is 7.99. The number of thioether (sulfide) groups is 1. The quantitative estimate of drug-likeness (QED) is 0.764. The molecule has 4 heteroatoms. The minimum Gasteiger partial charge on any atom is -0.310 e. The lowest BCUT2D eigenvalue weighted by Gasteiger charge is -2.43. The third-order valence-electron chi connectivity index (χ3n) is 4.49. The topological polar surface area (TPSA) is 12.0 Å². The van der Waals surface area contributed by atoms with Crippen LogP contribution in [0.15, 0.2) is 0 Å². The van der Waals surface area contributed by atoms with Crippen molar-refractivity contribution in [2.24, 2.45) is 11.8 Å². The summed E-state index contributed by atoms with van der Waals surface area (Å²) in [6.07, 6.45) is 3.99. The Morgan fingerprint density at radius 2 is 1.81 bits per heavy atom. The van der Waals surface area contributed by atoms with Gasteiger partial charge in [0.15, 0.2) is 0 Å². The molecular weight excluding hydrogens is 228 g/mol. The lowest BCUT2D eigenvalue weighted by Crippen LogP contribution is -2.54. The van der Waals surface area contributed by atoms with Gasteiger partial charge in [0, 0.05) is 24.4 Å². The second-order valence-electron chi connectivity index (χ2n) is 5.49. The highest BCUT2D eigenvalue weighted by Gasteiger charge is 2.55. The molecule has 3 unspecified atom stereocenters. The van der Waals surface area contributed by atoms with E-state index in [4.69, 9.17) is 0 Å². The Morgan fingerprint density at radius 1 is 1.06 bits per heavy atom. The lowest BCUT2D eigenvalue weighted by atomic mass is 9.75. The predicted octanol–water partition coefficient (Wildman–Crippen LogP) is 2.91. The van der Waals surface area contributed by atoms with E-state index in [0.717, 1.165) is 37.2 Å². The molecule has 3 aliphatic rings. The third-order valence-corrected chi connectivity index (χ3v) is 5.54. The first kappa shape index (κ1) is 11.3. The second kappa shape index (κ2) is 4.13. The van der Waals surface area contributed by atoms with E-state index >= 15 is 0 Å². The number of halogens is 2. The molecule has 0 aromatic carbocycles. The van der Waals surface area contributed by atoms with Crippen molar-refractivity contribution in [3.8, 4) is 0 Å². The molecule has 0 spiro atoms. The van der Waals surface area contributed by atoms with Crippen molar-refractivity contribution in [2.75, 3.05) is 11.5 Å². The average Bonchev–Trinajstić information content (AvgIpc) is 2.62. The van der Waals surface area contributed by atoms with Gasteiger partial charge in [-0.15, -0.1) is 0 Å². The van der Waals surface area contributed by atoms with Crippen molar-refractivity contribution in [3.63, 3.8) is 0 Å². The molecular formula is C12H19F2NS. The average molecular weight is 247 g/mol. The van der Waals surface area contributed by atoms with Crippen LogP contribution < -0.4 is 5.32 Å². The smallest absolute Gasteiger partial charge is 0.254 e. The van der Waals surface area contributed by atoms with Crippen LogP contribution in [0.5, 0.6) is 0 Å². The first-order valence-corrected chi connectivity index (χ1v) is 7.54. The van der Waals surface area contributed by atoms with E-state index in [2.05, 4.69) is 5.32 Å². The summed E-state index contributed by atoms with van der Waals surface area (Å²) in [5.74, 6) is -0.384. The monoisotopic (exact) mass is 247 g/mol. The molecule has 3 rings (SSSR count). The zero-order chi connectivity index (χ0) is 11.2. The van der Waals surface area contributed by atoms with Crippen molar-refractivity contribution in [1.82, 2.24) is 5.32 Å². The molecule has 3 atom stereocenters. The predicted molar refractivity (Wildman–Crippen MR) is 63.0 cm³/mol. The Labute approximate surface area is 99.7 Å². The van der Waals surface area contributed by atoms with Gasteiger partial charge in [0.1, 0.15) is 0 Å². The van der Waals surface area contributed by atoms with Crippen LogP contribution in [-0.2, 0) is 0 Å². The van der Waals surface area contributed by atoms with Crippen LogP contribution in [0.2, 0.25) is 0 Å². The molecule has 0 amide bonds. The van der Waals surface area contributed by atoms with Gasteiger partial charge in [-0.05, 0) is 43.1 Å². The fourth-order valence-corrected chi connectivity index (χ4v) is 4.94. The van der Waals surface area contributed by atoms with Crippen molar-refractivity contribution >= 4 is 11.8 Å². The van der Waals surface area contributed by atoms with Gasteiger partial charge in [-0.2, -0.15) is 11.8 Å².